The summed E-state index contributed by atoms with van der Waals surface area (Å²) in [5.41, 5.74) is -0.0441. The fourth-order valence-electron chi connectivity index (χ4n) is 3.44. The Labute approximate surface area is 178 Å². The van der Waals surface area contributed by atoms with Crippen molar-refractivity contribution in [2.45, 2.75) is 58.5 Å². The molecule has 0 bridgehead atoms. The molecule has 12 nitrogen and oxygen atoms in total. The number of hydrogen-bond acceptors (Lipinski definition) is 10. The summed E-state index contributed by atoms with van der Waals surface area (Å²) in [6, 6.07) is 0. The van der Waals surface area contributed by atoms with Crippen LogP contribution in [-0.2, 0) is 40.0 Å². The molecule has 2 aromatic rings. The van der Waals surface area contributed by atoms with Gasteiger partial charge in [0.2, 0.25) is 0 Å². The molecule has 0 N–H and O–H groups in total. The Hall–Kier alpha value is -2.83. The van der Waals surface area contributed by atoms with E-state index >= 15 is 0 Å². The summed E-state index contributed by atoms with van der Waals surface area (Å²) in [6.45, 7) is 5.12. The third-order valence-corrected chi connectivity index (χ3v) is 4.78. The molecule has 0 amide bonds. The SMILES string of the molecule is CC[C@H]1O[C@@H](n2cnc3c(=O)n(COCCOC)cnc32)[C@@H](OC(C)=O)C1OC(C)=O. The Balaban J connectivity index is 1.93. The quantitative estimate of drug-likeness (QED) is 0.400. The minimum Gasteiger partial charge on any atom is -0.456 e. The fourth-order valence-corrected chi connectivity index (χ4v) is 3.44. The van der Waals surface area contributed by atoms with Crippen molar-refractivity contribution in [2.75, 3.05) is 20.3 Å². The summed E-state index contributed by atoms with van der Waals surface area (Å²) in [4.78, 5) is 44.6. The molecule has 0 saturated carbocycles. The van der Waals surface area contributed by atoms with Crippen LogP contribution in [0.4, 0.5) is 0 Å². The van der Waals surface area contributed by atoms with E-state index < -0.39 is 42.0 Å². The Morgan fingerprint density at radius 2 is 1.81 bits per heavy atom. The molecule has 2 aromatic heterocycles. The maximum atomic E-state index is 12.8. The normalized spacial score (nSPS) is 23.2. The number of hydrogen-bond donors (Lipinski definition) is 0. The Morgan fingerprint density at radius 3 is 2.45 bits per heavy atom. The molecule has 0 spiro atoms. The highest BCUT2D eigenvalue weighted by atomic mass is 16.6. The van der Waals surface area contributed by atoms with Crippen LogP contribution in [0.15, 0.2) is 17.4 Å². The largest absolute Gasteiger partial charge is 0.456 e. The van der Waals surface area contributed by atoms with Crippen molar-refractivity contribution in [1.82, 2.24) is 19.1 Å². The number of carbonyl (C=O) groups is 2. The third kappa shape index (κ3) is 4.92. The second kappa shape index (κ2) is 9.98. The molecule has 3 heterocycles. The van der Waals surface area contributed by atoms with E-state index in [0.717, 1.165) is 0 Å². The number of aromatic nitrogens is 4. The fraction of sp³-hybridized carbons (Fsp3) is 0.632. The lowest BCUT2D eigenvalue weighted by Gasteiger charge is -2.23. The van der Waals surface area contributed by atoms with E-state index in [9.17, 15) is 14.4 Å². The van der Waals surface area contributed by atoms with Gasteiger partial charge in [-0.05, 0) is 6.42 Å². The molecule has 0 radical (unpaired) electrons. The summed E-state index contributed by atoms with van der Waals surface area (Å²) in [6.07, 6.45) is 0.131. The predicted octanol–water partition coefficient (Wildman–Crippen LogP) is 0.384. The number of methoxy groups -OCH3 is 1. The molecule has 1 aliphatic heterocycles. The highest BCUT2D eigenvalue weighted by molar-refractivity contribution is 5.70. The van der Waals surface area contributed by atoms with E-state index in [4.69, 9.17) is 23.7 Å². The summed E-state index contributed by atoms with van der Waals surface area (Å²) >= 11 is 0. The van der Waals surface area contributed by atoms with Crippen molar-refractivity contribution < 1.29 is 33.3 Å². The van der Waals surface area contributed by atoms with Gasteiger partial charge in [-0.15, -0.1) is 0 Å². The van der Waals surface area contributed by atoms with Crippen LogP contribution < -0.4 is 5.56 Å². The lowest BCUT2D eigenvalue weighted by atomic mass is 10.1. The third-order valence-electron chi connectivity index (χ3n) is 4.78. The lowest BCUT2D eigenvalue weighted by Crippen LogP contribution is -2.38. The minimum atomic E-state index is -0.926. The van der Waals surface area contributed by atoms with Gasteiger partial charge in [-0.3, -0.25) is 23.5 Å². The van der Waals surface area contributed by atoms with Gasteiger partial charge >= 0.3 is 11.9 Å². The summed E-state index contributed by atoms with van der Waals surface area (Å²) in [5, 5.41) is 0. The van der Waals surface area contributed by atoms with Crippen molar-refractivity contribution in [3.8, 4) is 0 Å². The first kappa shape index (κ1) is 22.8. The van der Waals surface area contributed by atoms with Gasteiger partial charge in [0.05, 0.1) is 19.5 Å². The molecule has 170 valence electrons. The molecular formula is C19H26N4O8. The van der Waals surface area contributed by atoms with E-state index in [1.807, 2.05) is 6.92 Å². The first-order valence-electron chi connectivity index (χ1n) is 9.85. The zero-order valence-electron chi connectivity index (χ0n) is 17.8. The van der Waals surface area contributed by atoms with Gasteiger partial charge in [-0.2, -0.15) is 0 Å². The first-order valence-corrected chi connectivity index (χ1v) is 9.85. The number of nitrogens with zero attached hydrogens (tertiary/aromatic N) is 4. The number of rotatable bonds is 9. The van der Waals surface area contributed by atoms with Crippen LogP contribution in [0.3, 0.4) is 0 Å². The van der Waals surface area contributed by atoms with Crippen LogP contribution in [0.5, 0.6) is 0 Å². The van der Waals surface area contributed by atoms with Crippen molar-refractivity contribution in [2.24, 2.45) is 0 Å². The maximum absolute atomic E-state index is 12.8. The van der Waals surface area contributed by atoms with Gasteiger partial charge in [-0.1, -0.05) is 6.92 Å². The van der Waals surface area contributed by atoms with E-state index in [1.165, 1.54) is 35.6 Å². The first-order chi connectivity index (χ1) is 14.9. The molecular weight excluding hydrogens is 412 g/mol. The Kier molecular flexibility index (Phi) is 7.36. The standard InChI is InChI=1S/C19H26N4O8/c1-5-13-15(29-11(2)24)16(30-12(3)25)19(31-13)23-9-20-14-17(23)21-8-22(18(14)26)10-28-7-6-27-4/h8-9,13,15-16,19H,5-7,10H2,1-4H3/t13-,15?,16+,19-/m1/s1. The summed E-state index contributed by atoms with van der Waals surface area (Å²) in [5.74, 6) is -1.07. The van der Waals surface area contributed by atoms with Gasteiger partial charge in [0.1, 0.15) is 19.2 Å². The smallest absolute Gasteiger partial charge is 0.303 e. The van der Waals surface area contributed by atoms with Crippen LogP contribution in [0.2, 0.25) is 0 Å². The maximum Gasteiger partial charge on any atom is 0.303 e. The van der Waals surface area contributed by atoms with E-state index in [0.29, 0.717) is 19.6 Å². The molecule has 1 aliphatic rings. The molecule has 0 aliphatic carbocycles. The average Bonchev–Trinajstić information content (AvgIpc) is 3.28. The van der Waals surface area contributed by atoms with Crippen LogP contribution in [0.1, 0.15) is 33.4 Å². The predicted molar refractivity (Wildman–Crippen MR) is 105 cm³/mol. The molecule has 1 unspecified atom stereocenters. The van der Waals surface area contributed by atoms with Crippen molar-refractivity contribution >= 4 is 23.1 Å². The van der Waals surface area contributed by atoms with E-state index in [-0.39, 0.29) is 17.9 Å². The van der Waals surface area contributed by atoms with Crippen molar-refractivity contribution in [1.29, 1.82) is 0 Å². The monoisotopic (exact) mass is 438 g/mol. The van der Waals surface area contributed by atoms with Crippen LogP contribution in [-0.4, -0.2) is 69.7 Å². The van der Waals surface area contributed by atoms with E-state index in [1.54, 1.807) is 7.11 Å². The number of imidazole rings is 1. The zero-order chi connectivity index (χ0) is 22.5. The highest BCUT2D eigenvalue weighted by Gasteiger charge is 2.49. The molecule has 0 aromatic carbocycles. The number of ether oxygens (including phenoxy) is 5. The minimum absolute atomic E-state index is 0.000426. The van der Waals surface area contributed by atoms with Gasteiger partial charge in [0.15, 0.2) is 29.6 Å². The Morgan fingerprint density at radius 1 is 1.10 bits per heavy atom. The molecule has 1 fully saturated rings. The second-order valence-electron chi connectivity index (χ2n) is 7.00. The average molecular weight is 438 g/mol. The molecule has 1 saturated heterocycles. The molecule has 12 heteroatoms. The number of fused-ring (bicyclic) bond motifs is 1. The van der Waals surface area contributed by atoms with E-state index in [2.05, 4.69) is 9.97 Å². The number of esters is 2. The number of carbonyl (C=O) groups excluding carboxylic acids is 2. The van der Waals surface area contributed by atoms with Gasteiger partial charge in [0, 0.05) is 21.0 Å². The van der Waals surface area contributed by atoms with Crippen LogP contribution in [0.25, 0.3) is 11.2 Å². The van der Waals surface area contributed by atoms with Crippen LogP contribution >= 0.6 is 0 Å². The van der Waals surface area contributed by atoms with Crippen molar-refractivity contribution in [3.05, 3.63) is 23.0 Å². The topological polar surface area (TPSA) is 133 Å². The summed E-state index contributed by atoms with van der Waals surface area (Å²) < 4.78 is 29.9. The second-order valence-corrected chi connectivity index (χ2v) is 7.00. The summed E-state index contributed by atoms with van der Waals surface area (Å²) in [7, 11) is 1.55. The Bertz CT molecular complexity index is 987. The lowest BCUT2D eigenvalue weighted by molar-refractivity contribution is -0.165. The van der Waals surface area contributed by atoms with Gasteiger partial charge < -0.3 is 23.7 Å². The van der Waals surface area contributed by atoms with Crippen molar-refractivity contribution in [3.63, 3.8) is 0 Å². The van der Waals surface area contributed by atoms with Gasteiger partial charge in [0.25, 0.3) is 5.56 Å². The zero-order valence-corrected chi connectivity index (χ0v) is 17.8. The molecule has 3 rings (SSSR count). The van der Waals surface area contributed by atoms with Gasteiger partial charge in [-0.25, -0.2) is 9.97 Å². The molecule has 31 heavy (non-hydrogen) atoms. The van der Waals surface area contributed by atoms with Crippen LogP contribution in [0, 0.1) is 0 Å². The molecule has 4 atom stereocenters. The highest BCUT2D eigenvalue weighted by Crippen LogP contribution is 2.36.